The lowest BCUT2D eigenvalue weighted by molar-refractivity contribution is -0.127. The smallest absolute Gasteiger partial charge is 0.260 e. The summed E-state index contributed by atoms with van der Waals surface area (Å²) in [5.41, 5.74) is 0. The minimum atomic E-state index is -0.518. The number of amides is 1. The van der Waals surface area contributed by atoms with Crippen LogP contribution >= 0.6 is 28.3 Å². The van der Waals surface area contributed by atoms with Gasteiger partial charge in [0.05, 0.1) is 6.61 Å². The molecule has 1 aromatic carbocycles. The van der Waals surface area contributed by atoms with Crippen LogP contribution in [0.25, 0.3) is 0 Å². The molecule has 21 heavy (non-hydrogen) atoms. The molecule has 0 aliphatic carbocycles. The molecule has 0 aliphatic rings. The van der Waals surface area contributed by atoms with Crippen LogP contribution in [-0.2, 0) is 9.53 Å². The second-order valence-electron chi connectivity index (χ2n) is 4.25. The first-order chi connectivity index (χ1) is 9.63. The third kappa shape index (κ3) is 8.93. The Morgan fingerprint density at radius 3 is 2.52 bits per heavy atom. The van der Waals surface area contributed by atoms with Crippen molar-refractivity contribution in [3.63, 3.8) is 0 Å². The summed E-state index contributed by atoms with van der Waals surface area (Å²) in [6, 6.07) is 7.39. The zero-order valence-corrected chi connectivity index (χ0v) is 14.6. The highest BCUT2D eigenvalue weighted by Crippen LogP contribution is 2.17. The highest BCUT2D eigenvalue weighted by atomic mass is 79.9. The Bertz CT molecular complexity index is 404. The highest BCUT2D eigenvalue weighted by Gasteiger charge is 2.13. The van der Waals surface area contributed by atoms with E-state index in [9.17, 15) is 4.79 Å². The summed E-state index contributed by atoms with van der Waals surface area (Å²) in [4.78, 5) is 11.8. The molecule has 2 N–H and O–H groups in total. The van der Waals surface area contributed by atoms with Crippen molar-refractivity contribution in [2.24, 2.45) is 0 Å². The molecule has 1 unspecified atom stereocenters. The summed E-state index contributed by atoms with van der Waals surface area (Å²) < 4.78 is 11.4. The second kappa shape index (κ2) is 11.8. The van der Waals surface area contributed by atoms with Crippen molar-refractivity contribution >= 4 is 34.2 Å². The molecule has 0 bridgehead atoms. The van der Waals surface area contributed by atoms with E-state index in [-0.39, 0.29) is 18.3 Å². The minimum absolute atomic E-state index is 0. The number of ether oxygens (including phenoxy) is 2. The fraction of sp³-hybridized carbons (Fsp3) is 0.500. The first-order valence-corrected chi connectivity index (χ1v) is 7.32. The number of halogens is 2. The molecule has 0 radical (unpaired) electrons. The van der Waals surface area contributed by atoms with Crippen molar-refractivity contribution in [3.05, 3.63) is 28.7 Å². The quantitative estimate of drug-likeness (QED) is 0.642. The number of benzene rings is 1. The standard InChI is InChI=1S/C14H21BrN2O3.ClH/c1-11(20-13-5-3-12(15)4-6-13)14(18)17-8-7-16-9-10-19-2;/h3-6,11,16H,7-10H2,1-2H3,(H,17,18);1H. The van der Waals surface area contributed by atoms with Gasteiger partial charge < -0.3 is 20.1 Å². The van der Waals surface area contributed by atoms with E-state index in [4.69, 9.17) is 9.47 Å². The van der Waals surface area contributed by atoms with Gasteiger partial charge in [0.2, 0.25) is 0 Å². The molecule has 1 aromatic rings. The van der Waals surface area contributed by atoms with Gasteiger partial charge in [-0.2, -0.15) is 0 Å². The van der Waals surface area contributed by atoms with Crippen LogP contribution in [0.15, 0.2) is 28.7 Å². The van der Waals surface area contributed by atoms with E-state index in [1.54, 1.807) is 14.0 Å². The Kier molecular flexibility index (Phi) is 11.3. The molecule has 0 saturated heterocycles. The molecule has 7 heteroatoms. The lowest BCUT2D eigenvalue weighted by Crippen LogP contribution is -2.40. The molecular formula is C14H22BrClN2O3. The van der Waals surface area contributed by atoms with Crippen LogP contribution in [0.2, 0.25) is 0 Å². The Morgan fingerprint density at radius 2 is 1.90 bits per heavy atom. The lowest BCUT2D eigenvalue weighted by atomic mass is 10.3. The zero-order chi connectivity index (χ0) is 14.8. The Balaban J connectivity index is 0.00000400. The molecule has 0 aliphatic heterocycles. The number of carbonyl (C=O) groups is 1. The van der Waals surface area contributed by atoms with Crippen LogP contribution in [0.1, 0.15) is 6.92 Å². The predicted molar refractivity (Wildman–Crippen MR) is 89.2 cm³/mol. The van der Waals surface area contributed by atoms with Gasteiger partial charge in [0, 0.05) is 31.2 Å². The summed E-state index contributed by atoms with van der Waals surface area (Å²) in [6.45, 7) is 4.45. The highest BCUT2D eigenvalue weighted by molar-refractivity contribution is 9.10. The average molecular weight is 382 g/mol. The van der Waals surface area contributed by atoms with Gasteiger partial charge in [-0.1, -0.05) is 15.9 Å². The summed E-state index contributed by atoms with van der Waals surface area (Å²) in [5.74, 6) is 0.551. The van der Waals surface area contributed by atoms with Gasteiger partial charge in [-0.25, -0.2) is 0 Å². The maximum atomic E-state index is 11.8. The van der Waals surface area contributed by atoms with Crippen LogP contribution in [0, 0.1) is 0 Å². The topological polar surface area (TPSA) is 59.6 Å². The number of nitrogens with one attached hydrogen (secondary N) is 2. The van der Waals surface area contributed by atoms with E-state index in [0.717, 1.165) is 11.0 Å². The molecule has 1 atom stereocenters. The van der Waals surface area contributed by atoms with E-state index in [2.05, 4.69) is 26.6 Å². The van der Waals surface area contributed by atoms with Crippen molar-refractivity contribution < 1.29 is 14.3 Å². The van der Waals surface area contributed by atoms with Crippen molar-refractivity contribution in [3.8, 4) is 5.75 Å². The van der Waals surface area contributed by atoms with E-state index in [0.29, 0.717) is 25.4 Å². The Hall–Kier alpha value is -0.820. The van der Waals surface area contributed by atoms with E-state index < -0.39 is 6.10 Å². The number of hydrogen-bond acceptors (Lipinski definition) is 4. The van der Waals surface area contributed by atoms with Crippen LogP contribution in [0.3, 0.4) is 0 Å². The summed E-state index contributed by atoms with van der Waals surface area (Å²) >= 11 is 3.35. The SMILES string of the molecule is COCCNCCNC(=O)C(C)Oc1ccc(Br)cc1.Cl. The largest absolute Gasteiger partial charge is 0.481 e. The second-order valence-corrected chi connectivity index (χ2v) is 5.16. The van der Waals surface area contributed by atoms with Gasteiger partial charge in [0.15, 0.2) is 6.10 Å². The summed E-state index contributed by atoms with van der Waals surface area (Å²) in [7, 11) is 1.66. The van der Waals surface area contributed by atoms with Gasteiger partial charge in [-0.05, 0) is 31.2 Å². The van der Waals surface area contributed by atoms with Gasteiger partial charge >= 0.3 is 0 Å². The van der Waals surface area contributed by atoms with Crippen LogP contribution < -0.4 is 15.4 Å². The average Bonchev–Trinajstić information content (AvgIpc) is 2.45. The van der Waals surface area contributed by atoms with Crippen molar-refractivity contribution in [1.29, 1.82) is 0 Å². The fourth-order valence-corrected chi connectivity index (χ4v) is 1.75. The van der Waals surface area contributed by atoms with Gasteiger partial charge in [-0.3, -0.25) is 4.79 Å². The normalized spacial score (nSPS) is 11.4. The maximum absolute atomic E-state index is 11.8. The first kappa shape index (κ1) is 20.2. The third-order valence-corrected chi connectivity index (χ3v) is 3.11. The van der Waals surface area contributed by atoms with Crippen LogP contribution in [-0.4, -0.2) is 45.4 Å². The van der Waals surface area contributed by atoms with Gasteiger partial charge in [0.1, 0.15) is 5.75 Å². The molecule has 0 aromatic heterocycles. The van der Waals surface area contributed by atoms with E-state index in [1.807, 2.05) is 24.3 Å². The van der Waals surface area contributed by atoms with Gasteiger partial charge in [0.25, 0.3) is 5.91 Å². The maximum Gasteiger partial charge on any atom is 0.260 e. The lowest BCUT2D eigenvalue weighted by Gasteiger charge is -2.15. The summed E-state index contributed by atoms with van der Waals surface area (Å²) in [5, 5.41) is 5.97. The molecular weight excluding hydrogens is 360 g/mol. The van der Waals surface area contributed by atoms with Crippen molar-refractivity contribution in [2.75, 3.05) is 33.4 Å². The number of hydrogen-bond donors (Lipinski definition) is 2. The molecule has 0 fully saturated rings. The minimum Gasteiger partial charge on any atom is -0.481 e. The fourth-order valence-electron chi connectivity index (χ4n) is 1.49. The monoisotopic (exact) mass is 380 g/mol. The molecule has 120 valence electrons. The Morgan fingerprint density at radius 1 is 1.24 bits per heavy atom. The van der Waals surface area contributed by atoms with Crippen LogP contribution in [0.5, 0.6) is 5.75 Å². The van der Waals surface area contributed by atoms with Crippen molar-refractivity contribution in [1.82, 2.24) is 10.6 Å². The predicted octanol–water partition coefficient (Wildman–Crippen LogP) is 1.99. The molecule has 0 saturated carbocycles. The third-order valence-electron chi connectivity index (χ3n) is 2.58. The molecule has 0 spiro atoms. The number of methoxy groups -OCH3 is 1. The molecule has 5 nitrogen and oxygen atoms in total. The Labute approximate surface area is 140 Å². The molecule has 1 amide bonds. The first-order valence-electron chi connectivity index (χ1n) is 6.53. The number of carbonyl (C=O) groups excluding carboxylic acids is 1. The number of rotatable bonds is 9. The van der Waals surface area contributed by atoms with Gasteiger partial charge in [-0.15, -0.1) is 12.4 Å². The van der Waals surface area contributed by atoms with E-state index >= 15 is 0 Å². The van der Waals surface area contributed by atoms with E-state index in [1.165, 1.54) is 0 Å². The van der Waals surface area contributed by atoms with Crippen LogP contribution in [0.4, 0.5) is 0 Å². The van der Waals surface area contributed by atoms with Crippen molar-refractivity contribution in [2.45, 2.75) is 13.0 Å². The zero-order valence-electron chi connectivity index (χ0n) is 12.2. The molecule has 1 rings (SSSR count). The molecule has 0 heterocycles. The summed E-state index contributed by atoms with van der Waals surface area (Å²) in [6.07, 6.45) is -0.518.